The molecule has 0 spiro atoms. The molecule has 0 aliphatic heterocycles. The molecule has 0 fully saturated rings. The van der Waals surface area contributed by atoms with Gasteiger partial charge in [-0.2, -0.15) is 0 Å². The maximum Gasteiger partial charge on any atom is 0.0406 e. The van der Waals surface area contributed by atoms with Gasteiger partial charge in [0.15, 0.2) is 0 Å². The number of hydrogen-bond donors (Lipinski definition) is 1. The number of benzene rings is 1. The van der Waals surface area contributed by atoms with E-state index in [4.69, 9.17) is 11.6 Å². The third-order valence-electron chi connectivity index (χ3n) is 3.16. The van der Waals surface area contributed by atoms with Crippen molar-refractivity contribution in [2.75, 3.05) is 6.54 Å². The van der Waals surface area contributed by atoms with Gasteiger partial charge in [-0.3, -0.25) is 0 Å². The van der Waals surface area contributed by atoms with Crippen molar-refractivity contribution in [1.29, 1.82) is 0 Å². The highest BCUT2D eigenvalue weighted by molar-refractivity contribution is 6.30. The minimum Gasteiger partial charge on any atom is -0.310 e. The highest BCUT2D eigenvalue weighted by atomic mass is 35.5. The van der Waals surface area contributed by atoms with Gasteiger partial charge < -0.3 is 5.32 Å². The quantitative estimate of drug-likeness (QED) is 0.735. The Bertz CT molecular complexity index is 307. The Morgan fingerprint density at radius 1 is 1.12 bits per heavy atom. The highest BCUT2D eigenvalue weighted by Crippen LogP contribution is 2.26. The number of hydrogen-bond acceptors (Lipinski definition) is 1. The molecule has 2 unspecified atom stereocenters. The molecule has 1 nitrogen and oxygen atoms in total. The van der Waals surface area contributed by atoms with Crippen LogP contribution in [0, 0.1) is 5.92 Å². The van der Waals surface area contributed by atoms with Crippen LogP contribution >= 0.6 is 11.6 Å². The minimum absolute atomic E-state index is 0.451. The first-order valence-electron chi connectivity index (χ1n) is 6.67. The van der Waals surface area contributed by atoms with Crippen molar-refractivity contribution in [2.24, 2.45) is 5.92 Å². The van der Waals surface area contributed by atoms with Gasteiger partial charge in [0.25, 0.3) is 0 Å². The van der Waals surface area contributed by atoms with Crippen LogP contribution in [0.15, 0.2) is 24.3 Å². The maximum atomic E-state index is 5.94. The molecule has 1 N–H and O–H groups in total. The number of rotatable bonds is 7. The van der Waals surface area contributed by atoms with Crippen LogP contribution in [0.25, 0.3) is 0 Å². The van der Waals surface area contributed by atoms with E-state index >= 15 is 0 Å². The van der Waals surface area contributed by atoms with E-state index in [1.165, 1.54) is 24.8 Å². The van der Waals surface area contributed by atoms with Crippen molar-refractivity contribution in [2.45, 2.75) is 46.1 Å². The van der Waals surface area contributed by atoms with Crippen LogP contribution in [0.1, 0.15) is 51.6 Å². The third kappa shape index (κ3) is 4.69. The second-order valence-corrected chi connectivity index (χ2v) is 5.19. The van der Waals surface area contributed by atoms with E-state index < -0.39 is 0 Å². The fraction of sp³-hybridized carbons (Fsp3) is 0.600. The van der Waals surface area contributed by atoms with Crippen molar-refractivity contribution < 1.29 is 0 Å². The average Bonchev–Trinajstić information content (AvgIpc) is 2.32. The molecule has 0 heterocycles. The minimum atomic E-state index is 0.451. The molecule has 0 aromatic heterocycles. The summed E-state index contributed by atoms with van der Waals surface area (Å²) in [5.74, 6) is 0.660. The van der Waals surface area contributed by atoms with Gasteiger partial charge in [-0.05, 0) is 43.0 Å². The lowest BCUT2D eigenvalue weighted by atomic mass is 9.91. The van der Waals surface area contributed by atoms with Gasteiger partial charge in [-0.1, -0.05) is 50.9 Å². The van der Waals surface area contributed by atoms with E-state index in [0.717, 1.165) is 11.6 Å². The van der Waals surface area contributed by atoms with Crippen LogP contribution in [0.2, 0.25) is 5.02 Å². The summed E-state index contributed by atoms with van der Waals surface area (Å²) in [6.07, 6.45) is 3.66. The highest BCUT2D eigenvalue weighted by Gasteiger charge is 2.17. The molecule has 2 heteroatoms. The smallest absolute Gasteiger partial charge is 0.0406 e. The molecule has 0 aliphatic carbocycles. The van der Waals surface area contributed by atoms with E-state index in [0.29, 0.717) is 12.0 Å². The average molecular weight is 254 g/mol. The number of nitrogens with one attached hydrogen (secondary N) is 1. The maximum absolute atomic E-state index is 5.94. The summed E-state index contributed by atoms with van der Waals surface area (Å²) >= 11 is 5.94. The summed E-state index contributed by atoms with van der Waals surface area (Å²) in [6.45, 7) is 7.85. The van der Waals surface area contributed by atoms with E-state index in [2.05, 4.69) is 38.2 Å². The molecular weight excluding hydrogens is 230 g/mol. The molecule has 0 bridgehead atoms. The molecular formula is C15H24ClN. The van der Waals surface area contributed by atoms with E-state index in [-0.39, 0.29) is 0 Å². The van der Waals surface area contributed by atoms with Crippen molar-refractivity contribution >= 4 is 11.6 Å². The Kier molecular flexibility index (Phi) is 6.61. The molecule has 1 aromatic carbocycles. The van der Waals surface area contributed by atoms with E-state index in [1.54, 1.807) is 0 Å². The Morgan fingerprint density at radius 3 is 2.29 bits per heavy atom. The zero-order chi connectivity index (χ0) is 12.7. The van der Waals surface area contributed by atoms with Crippen LogP contribution < -0.4 is 5.32 Å². The van der Waals surface area contributed by atoms with Crippen LogP contribution in [0.3, 0.4) is 0 Å². The molecule has 17 heavy (non-hydrogen) atoms. The zero-order valence-electron chi connectivity index (χ0n) is 11.2. The first kappa shape index (κ1) is 14.5. The molecule has 96 valence electrons. The summed E-state index contributed by atoms with van der Waals surface area (Å²) in [5.41, 5.74) is 1.35. The molecule has 0 aliphatic rings. The van der Waals surface area contributed by atoms with Gasteiger partial charge in [0, 0.05) is 11.1 Å². The first-order chi connectivity index (χ1) is 8.19. The topological polar surface area (TPSA) is 12.0 Å². The first-order valence-corrected chi connectivity index (χ1v) is 7.05. The SMILES string of the molecule is CCCNC(c1ccc(Cl)cc1)C(C)CCC. The fourth-order valence-electron chi connectivity index (χ4n) is 2.24. The summed E-state index contributed by atoms with van der Waals surface area (Å²) in [5, 5.41) is 4.46. The Balaban J connectivity index is 2.77. The van der Waals surface area contributed by atoms with Crippen molar-refractivity contribution in [3.8, 4) is 0 Å². The molecule has 0 saturated heterocycles. The Morgan fingerprint density at radius 2 is 1.76 bits per heavy atom. The van der Waals surface area contributed by atoms with Crippen LogP contribution in [-0.4, -0.2) is 6.54 Å². The second-order valence-electron chi connectivity index (χ2n) is 4.75. The lowest BCUT2D eigenvalue weighted by Gasteiger charge is -2.25. The molecule has 0 saturated carbocycles. The predicted molar refractivity (Wildman–Crippen MR) is 76.6 cm³/mol. The molecule has 2 atom stereocenters. The van der Waals surface area contributed by atoms with E-state index in [9.17, 15) is 0 Å². The van der Waals surface area contributed by atoms with Crippen molar-refractivity contribution in [1.82, 2.24) is 5.32 Å². The molecule has 0 radical (unpaired) electrons. The molecule has 1 aromatic rings. The van der Waals surface area contributed by atoms with Crippen molar-refractivity contribution in [3.05, 3.63) is 34.9 Å². The van der Waals surface area contributed by atoms with Gasteiger partial charge >= 0.3 is 0 Å². The lowest BCUT2D eigenvalue weighted by molar-refractivity contribution is 0.363. The van der Waals surface area contributed by atoms with Gasteiger partial charge in [0.2, 0.25) is 0 Å². The van der Waals surface area contributed by atoms with Crippen LogP contribution in [-0.2, 0) is 0 Å². The van der Waals surface area contributed by atoms with Crippen LogP contribution in [0.4, 0.5) is 0 Å². The predicted octanol–water partition coefficient (Wildman–Crippen LogP) is 4.82. The third-order valence-corrected chi connectivity index (χ3v) is 3.41. The zero-order valence-corrected chi connectivity index (χ0v) is 11.9. The molecule has 1 rings (SSSR count). The molecule has 0 amide bonds. The number of halogens is 1. The summed E-state index contributed by atoms with van der Waals surface area (Å²) in [4.78, 5) is 0. The van der Waals surface area contributed by atoms with Gasteiger partial charge in [0.05, 0.1) is 0 Å². The fourth-order valence-corrected chi connectivity index (χ4v) is 2.37. The Hall–Kier alpha value is -0.530. The normalized spacial score (nSPS) is 14.6. The summed E-state index contributed by atoms with van der Waals surface area (Å²) in [7, 11) is 0. The van der Waals surface area contributed by atoms with Gasteiger partial charge in [-0.25, -0.2) is 0 Å². The van der Waals surface area contributed by atoms with Crippen molar-refractivity contribution in [3.63, 3.8) is 0 Å². The summed E-state index contributed by atoms with van der Waals surface area (Å²) in [6, 6.07) is 8.70. The Labute approximate surface area is 111 Å². The second kappa shape index (κ2) is 7.73. The summed E-state index contributed by atoms with van der Waals surface area (Å²) < 4.78 is 0. The standard InChI is InChI=1S/C15H24ClN/c1-4-6-12(3)15(17-11-5-2)13-7-9-14(16)10-8-13/h7-10,12,15,17H,4-6,11H2,1-3H3. The lowest BCUT2D eigenvalue weighted by Crippen LogP contribution is -2.27. The largest absolute Gasteiger partial charge is 0.310 e. The van der Waals surface area contributed by atoms with Gasteiger partial charge in [-0.15, -0.1) is 0 Å². The van der Waals surface area contributed by atoms with E-state index in [1.807, 2.05) is 12.1 Å². The van der Waals surface area contributed by atoms with Crippen LogP contribution in [0.5, 0.6) is 0 Å². The van der Waals surface area contributed by atoms with Gasteiger partial charge in [0.1, 0.15) is 0 Å². The monoisotopic (exact) mass is 253 g/mol.